The Kier molecular flexibility index (Phi) is 14.7. The van der Waals surface area contributed by atoms with E-state index >= 15 is 4.79 Å². The molecule has 1 aliphatic heterocycles. The van der Waals surface area contributed by atoms with Gasteiger partial charge in [0.15, 0.2) is 10.2 Å². The summed E-state index contributed by atoms with van der Waals surface area (Å²) in [6, 6.07) is 8.40. The van der Waals surface area contributed by atoms with Gasteiger partial charge in [0.2, 0.25) is 11.8 Å². The molecule has 7 rings (SSSR count). The third-order valence-corrected chi connectivity index (χ3v) is 15.7. The number of fused-ring (bicyclic) bond motifs is 1. The minimum absolute atomic E-state index is 0.0330. The highest BCUT2D eigenvalue weighted by molar-refractivity contribution is 7.89. The SMILES string of the molecule is CCC1C[C@]1(NC(=O)[C@@H]1C[C@@H](Oc2cc(-c3csc(NC(C)C)n3)nc3cc(OC)ccc23)CN1C(=O)[C@@H](NC(=O)NC(CN(C)S(=O)(=O)c1ccccn1)C(C)(C)C)C1CCCC1)C(=O)O. The Hall–Kier alpha value is -5.60. The number of methoxy groups -OCH3 is 1. The Morgan fingerprint density at radius 3 is 2.42 bits per heavy atom. The lowest BCUT2D eigenvalue weighted by Crippen LogP contribution is -2.60. The van der Waals surface area contributed by atoms with E-state index in [1.54, 1.807) is 37.4 Å². The number of likely N-dealkylation sites (N-methyl/N-ethyl adjacent to an activating group) is 1. The molecule has 5 N–H and O–H groups in total. The van der Waals surface area contributed by atoms with Crippen LogP contribution in [0.5, 0.6) is 11.5 Å². The Labute approximate surface area is 396 Å². The molecule has 2 aliphatic carbocycles. The fourth-order valence-corrected chi connectivity index (χ4v) is 11.1. The number of carboxylic acid groups (broad SMARTS) is 1. The summed E-state index contributed by atoms with van der Waals surface area (Å²) in [6.07, 6.45) is 4.48. The van der Waals surface area contributed by atoms with Crippen molar-refractivity contribution >= 4 is 61.2 Å². The highest BCUT2D eigenvalue weighted by atomic mass is 32.2. The van der Waals surface area contributed by atoms with Crippen LogP contribution in [0.3, 0.4) is 0 Å². The van der Waals surface area contributed by atoms with E-state index in [-0.39, 0.29) is 48.8 Å². The summed E-state index contributed by atoms with van der Waals surface area (Å²) in [7, 11) is -1.01. The van der Waals surface area contributed by atoms with Crippen LogP contribution in [0.1, 0.15) is 86.5 Å². The second-order valence-corrected chi connectivity index (χ2v) is 22.1. The quantitative estimate of drug-likeness (QED) is 0.0784. The number of carbonyl (C=O) groups excluding carboxylic acids is 3. The third-order valence-electron chi connectivity index (χ3n) is 13.2. The molecule has 3 aromatic heterocycles. The van der Waals surface area contributed by atoms with E-state index in [1.165, 1.54) is 35.5 Å². The molecule has 3 aliphatic rings. The lowest BCUT2D eigenvalue weighted by Gasteiger charge is -2.36. The highest BCUT2D eigenvalue weighted by Crippen LogP contribution is 2.46. The molecular weight excluding hydrogens is 899 g/mol. The van der Waals surface area contributed by atoms with Crippen molar-refractivity contribution < 1.29 is 42.2 Å². The molecule has 67 heavy (non-hydrogen) atoms. The standard InChI is InChI=1S/C47H63N9O9S2/c1-9-29-23-47(29,43(59)60)54-41(57)36-21-31(65-37-22-34(35-26-66-45(51-35)49-27(2)3)50-33-20-30(64-8)17-18-32(33)37)24-56(36)42(58)40(28-14-10-11-15-28)53-44(61)52-38(46(4,5)6)25-55(7)67(62,63)39-16-12-13-19-48-39/h12-13,16-20,22,26-29,31,36,38,40H,9-11,14-15,21,23-25H2,1-8H3,(H,49,51)(H,54,57)(H,59,60)(H2,52,53,61)/t29?,31-,36+,38?,40+,47-/m1/s1. The summed E-state index contributed by atoms with van der Waals surface area (Å²) < 4.78 is 40.4. The van der Waals surface area contributed by atoms with Gasteiger partial charge in [0.05, 0.1) is 24.9 Å². The fraction of sp³-hybridized carbons (Fsp3) is 0.553. The lowest BCUT2D eigenvalue weighted by atomic mass is 9.86. The first-order valence-corrected chi connectivity index (χ1v) is 25.2. The molecule has 2 saturated carbocycles. The van der Waals surface area contributed by atoms with E-state index in [9.17, 15) is 27.9 Å². The number of pyridine rings is 2. The van der Waals surface area contributed by atoms with Gasteiger partial charge in [-0.05, 0) is 74.6 Å². The molecule has 4 heterocycles. The van der Waals surface area contributed by atoms with Gasteiger partial charge in [-0.25, -0.2) is 33.0 Å². The molecule has 4 amide bonds. The number of likely N-dealkylation sites (tertiary alicyclic amines) is 1. The van der Waals surface area contributed by atoms with Crippen LogP contribution in [0.4, 0.5) is 9.93 Å². The lowest BCUT2D eigenvalue weighted by molar-refractivity contribution is -0.146. The van der Waals surface area contributed by atoms with Crippen molar-refractivity contribution in [3.8, 4) is 22.9 Å². The van der Waals surface area contributed by atoms with Crippen LogP contribution >= 0.6 is 11.3 Å². The molecule has 0 spiro atoms. The average molecular weight is 962 g/mol. The van der Waals surface area contributed by atoms with Crippen molar-refractivity contribution in [3.05, 3.63) is 54.0 Å². The second kappa shape index (κ2) is 19.9. The van der Waals surface area contributed by atoms with Crippen LogP contribution in [-0.4, -0.2) is 125 Å². The molecule has 18 nitrogen and oxygen atoms in total. The molecule has 6 atom stereocenters. The van der Waals surface area contributed by atoms with Gasteiger partial charge in [-0.15, -0.1) is 11.3 Å². The van der Waals surface area contributed by atoms with Gasteiger partial charge >= 0.3 is 12.0 Å². The van der Waals surface area contributed by atoms with E-state index in [2.05, 4.69) is 26.3 Å². The largest absolute Gasteiger partial charge is 0.497 e. The first-order chi connectivity index (χ1) is 31.7. The number of aliphatic carboxylic acids is 1. The fourth-order valence-electron chi connectivity index (χ4n) is 9.13. The Morgan fingerprint density at radius 1 is 1.04 bits per heavy atom. The number of benzene rings is 1. The molecule has 4 aromatic rings. The molecule has 1 saturated heterocycles. The van der Waals surface area contributed by atoms with Crippen molar-refractivity contribution in [3.63, 3.8) is 0 Å². The zero-order valence-electron chi connectivity index (χ0n) is 39.4. The predicted octanol–water partition coefficient (Wildman–Crippen LogP) is 5.89. The summed E-state index contributed by atoms with van der Waals surface area (Å²) in [4.78, 5) is 71.5. The van der Waals surface area contributed by atoms with Crippen molar-refractivity contribution in [2.45, 2.75) is 127 Å². The normalized spacial score (nSPS) is 21.8. The van der Waals surface area contributed by atoms with Crippen molar-refractivity contribution in [2.75, 3.05) is 32.6 Å². The number of nitrogens with zero attached hydrogens (tertiary/aromatic N) is 5. The van der Waals surface area contributed by atoms with E-state index in [4.69, 9.17) is 19.4 Å². The predicted molar refractivity (Wildman–Crippen MR) is 254 cm³/mol. The molecule has 0 radical (unpaired) electrons. The number of anilines is 1. The monoisotopic (exact) mass is 961 g/mol. The summed E-state index contributed by atoms with van der Waals surface area (Å²) >= 11 is 1.45. The van der Waals surface area contributed by atoms with E-state index in [0.29, 0.717) is 53.1 Å². The van der Waals surface area contributed by atoms with Crippen LogP contribution < -0.4 is 30.7 Å². The number of hydrogen-bond acceptors (Lipinski definition) is 13. The van der Waals surface area contributed by atoms with Crippen molar-refractivity contribution in [1.82, 2.24) is 40.1 Å². The zero-order valence-corrected chi connectivity index (χ0v) is 41.0. The van der Waals surface area contributed by atoms with Crippen molar-refractivity contribution in [1.29, 1.82) is 0 Å². The first-order valence-electron chi connectivity index (χ1n) is 22.9. The maximum Gasteiger partial charge on any atom is 0.329 e. The Balaban J connectivity index is 1.18. The third kappa shape index (κ3) is 10.9. The number of aromatic nitrogens is 3. The summed E-state index contributed by atoms with van der Waals surface area (Å²) in [5, 5.41) is 25.5. The first kappa shape index (κ1) is 49.3. The van der Waals surface area contributed by atoms with Crippen LogP contribution in [0.15, 0.2) is 59.1 Å². The number of thiazole rings is 1. The molecule has 3 fully saturated rings. The number of carbonyl (C=O) groups is 4. The van der Waals surface area contributed by atoms with Gasteiger partial charge in [0.25, 0.3) is 10.0 Å². The van der Waals surface area contributed by atoms with Crippen LogP contribution in [0.2, 0.25) is 0 Å². The number of carboxylic acids is 1. The van der Waals surface area contributed by atoms with Gasteiger partial charge in [-0.3, -0.25) is 9.59 Å². The number of ether oxygens (including phenoxy) is 2. The Bertz CT molecular complexity index is 2560. The van der Waals surface area contributed by atoms with Gasteiger partial charge in [-0.1, -0.05) is 53.0 Å². The highest BCUT2D eigenvalue weighted by Gasteiger charge is 2.61. The van der Waals surface area contributed by atoms with Gasteiger partial charge in [0.1, 0.15) is 40.9 Å². The van der Waals surface area contributed by atoms with Crippen molar-refractivity contribution in [2.24, 2.45) is 17.3 Å². The van der Waals surface area contributed by atoms with Gasteiger partial charge < -0.3 is 40.7 Å². The number of urea groups is 1. The maximum absolute atomic E-state index is 15.2. The number of hydrogen-bond donors (Lipinski definition) is 5. The minimum Gasteiger partial charge on any atom is -0.497 e. The smallest absolute Gasteiger partial charge is 0.329 e. The number of nitrogens with one attached hydrogen (secondary N) is 4. The average Bonchev–Trinajstić information content (AvgIpc) is 3.72. The van der Waals surface area contributed by atoms with Crippen LogP contribution in [0, 0.1) is 17.3 Å². The molecule has 362 valence electrons. The molecular formula is C47H63N9O9S2. The minimum atomic E-state index is -4.00. The number of amides is 4. The summed E-state index contributed by atoms with van der Waals surface area (Å²) in [5.41, 5.74) is -0.344. The van der Waals surface area contributed by atoms with Crippen LogP contribution in [-0.2, 0) is 24.4 Å². The molecule has 20 heteroatoms. The number of sulfonamides is 1. The summed E-state index contributed by atoms with van der Waals surface area (Å²) in [6.45, 7) is 11.4. The van der Waals surface area contributed by atoms with E-state index < -0.39 is 69.0 Å². The maximum atomic E-state index is 15.2. The van der Waals surface area contributed by atoms with E-state index in [0.717, 1.165) is 22.3 Å². The van der Waals surface area contributed by atoms with E-state index in [1.807, 2.05) is 53.0 Å². The molecule has 2 unspecified atom stereocenters. The summed E-state index contributed by atoms with van der Waals surface area (Å²) in [5.74, 6) is -1.76. The van der Waals surface area contributed by atoms with Crippen LogP contribution in [0.25, 0.3) is 22.3 Å². The Morgan fingerprint density at radius 2 is 1.79 bits per heavy atom. The zero-order chi connectivity index (χ0) is 48.4. The number of rotatable bonds is 18. The second-order valence-electron chi connectivity index (χ2n) is 19.3. The topological polar surface area (TPSA) is 234 Å². The van der Waals surface area contributed by atoms with Gasteiger partial charge in [-0.2, -0.15) is 4.31 Å². The molecule has 1 aromatic carbocycles. The molecule has 0 bridgehead atoms. The van der Waals surface area contributed by atoms with Gasteiger partial charge in [0, 0.05) is 61.2 Å².